The van der Waals surface area contributed by atoms with E-state index in [4.69, 9.17) is 0 Å². The summed E-state index contributed by atoms with van der Waals surface area (Å²) in [6.07, 6.45) is 12.5. The number of nitrogens with one attached hydrogen (secondary N) is 1. The molecule has 1 N–H and O–H groups in total. The fourth-order valence-corrected chi connectivity index (χ4v) is 2.50. The summed E-state index contributed by atoms with van der Waals surface area (Å²) in [6.45, 7) is 3.31. The quantitative estimate of drug-likeness (QED) is 0.589. The SMILES string of the molecule is CC12C=CC=C1C1=CC(=CCN1)C2. The molecule has 3 rings (SSSR count). The molecule has 0 aromatic heterocycles. The second-order valence-corrected chi connectivity index (χ2v) is 4.25. The van der Waals surface area contributed by atoms with Gasteiger partial charge in [-0.3, -0.25) is 0 Å². The van der Waals surface area contributed by atoms with Gasteiger partial charge in [0, 0.05) is 17.7 Å². The van der Waals surface area contributed by atoms with Crippen LogP contribution in [0.4, 0.5) is 0 Å². The Labute approximate surface area is 78.5 Å². The molecule has 0 aromatic rings. The molecule has 1 atom stereocenters. The summed E-state index contributed by atoms with van der Waals surface area (Å²) in [5.74, 6) is 0. The average Bonchev–Trinajstić information content (AvgIpc) is 2.47. The lowest BCUT2D eigenvalue weighted by Gasteiger charge is -2.35. The van der Waals surface area contributed by atoms with Gasteiger partial charge < -0.3 is 5.32 Å². The van der Waals surface area contributed by atoms with Crippen LogP contribution in [-0.4, -0.2) is 6.54 Å². The summed E-state index contributed by atoms with van der Waals surface area (Å²) in [7, 11) is 0. The summed E-state index contributed by atoms with van der Waals surface area (Å²) in [5.41, 5.74) is 4.55. The third-order valence-corrected chi connectivity index (χ3v) is 3.19. The van der Waals surface area contributed by atoms with Crippen LogP contribution in [0.5, 0.6) is 0 Å². The smallest absolute Gasteiger partial charge is 0.0386 e. The highest BCUT2D eigenvalue weighted by Crippen LogP contribution is 2.46. The molecule has 2 aliphatic carbocycles. The highest BCUT2D eigenvalue weighted by Gasteiger charge is 2.35. The molecule has 0 aromatic carbocycles. The van der Waals surface area contributed by atoms with Gasteiger partial charge in [-0.2, -0.15) is 0 Å². The number of hydrogen-bond donors (Lipinski definition) is 1. The van der Waals surface area contributed by atoms with Gasteiger partial charge in [0.05, 0.1) is 0 Å². The molecule has 0 fully saturated rings. The summed E-state index contributed by atoms with van der Waals surface area (Å²) >= 11 is 0. The Balaban J connectivity index is 2.17. The normalized spacial score (nSPS) is 34.4. The van der Waals surface area contributed by atoms with E-state index in [1.54, 1.807) is 0 Å². The predicted octanol–water partition coefficient (Wildman–Crippen LogP) is 2.31. The topological polar surface area (TPSA) is 12.0 Å². The molecule has 2 bridgehead atoms. The molecule has 3 aliphatic rings. The van der Waals surface area contributed by atoms with Crippen molar-refractivity contribution in [3.8, 4) is 0 Å². The maximum absolute atomic E-state index is 3.42. The van der Waals surface area contributed by atoms with E-state index < -0.39 is 0 Å². The Hall–Kier alpha value is -1.24. The lowest BCUT2D eigenvalue weighted by Crippen LogP contribution is -2.30. The van der Waals surface area contributed by atoms with E-state index in [2.05, 4.69) is 42.6 Å². The van der Waals surface area contributed by atoms with Crippen molar-refractivity contribution in [1.82, 2.24) is 5.32 Å². The maximum Gasteiger partial charge on any atom is 0.0386 e. The molecule has 0 amide bonds. The fourth-order valence-electron chi connectivity index (χ4n) is 2.50. The van der Waals surface area contributed by atoms with Crippen LogP contribution in [0, 0.1) is 5.41 Å². The van der Waals surface area contributed by atoms with E-state index in [0.29, 0.717) is 0 Å². The number of rotatable bonds is 0. The fraction of sp³-hybridized carbons (Fsp3) is 0.333. The number of dihydropyridines is 1. The average molecular weight is 171 g/mol. The van der Waals surface area contributed by atoms with Crippen LogP contribution in [0.25, 0.3) is 0 Å². The van der Waals surface area contributed by atoms with Gasteiger partial charge in [0.25, 0.3) is 0 Å². The first-order valence-corrected chi connectivity index (χ1v) is 4.83. The van der Waals surface area contributed by atoms with Gasteiger partial charge in [-0.25, -0.2) is 0 Å². The van der Waals surface area contributed by atoms with Crippen molar-refractivity contribution in [2.24, 2.45) is 5.41 Å². The molecular formula is C12H13N. The molecule has 1 unspecified atom stereocenters. The molecule has 13 heavy (non-hydrogen) atoms. The molecule has 66 valence electrons. The minimum atomic E-state index is 0.267. The molecule has 1 heteroatoms. The minimum Gasteiger partial charge on any atom is -0.381 e. The molecule has 1 aliphatic heterocycles. The van der Waals surface area contributed by atoms with Crippen LogP contribution in [-0.2, 0) is 0 Å². The maximum atomic E-state index is 3.42. The highest BCUT2D eigenvalue weighted by atomic mass is 14.9. The Kier molecular flexibility index (Phi) is 1.20. The number of hydrogen-bond acceptors (Lipinski definition) is 1. The molecule has 0 saturated carbocycles. The van der Waals surface area contributed by atoms with Crippen molar-refractivity contribution in [2.45, 2.75) is 13.3 Å². The molecule has 0 radical (unpaired) electrons. The third-order valence-electron chi connectivity index (χ3n) is 3.19. The summed E-state index contributed by atoms with van der Waals surface area (Å²) in [5, 5.41) is 3.42. The van der Waals surface area contributed by atoms with Crippen LogP contribution in [0.2, 0.25) is 0 Å². The third kappa shape index (κ3) is 0.873. The summed E-state index contributed by atoms with van der Waals surface area (Å²) in [4.78, 5) is 0. The van der Waals surface area contributed by atoms with E-state index in [0.717, 1.165) is 6.54 Å². The number of allylic oxidation sites excluding steroid dienone is 6. The van der Waals surface area contributed by atoms with Gasteiger partial charge in [-0.15, -0.1) is 0 Å². The van der Waals surface area contributed by atoms with Gasteiger partial charge in [-0.05, 0) is 23.6 Å². The van der Waals surface area contributed by atoms with Gasteiger partial charge in [0.2, 0.25) is 0 Å². The van der Waals surface area contributed by atoms with E-state index in [-0.39, 0.29) is 5.41 Å². The molecule has 1 nitrogen and oxygen atoms in total. The first-order valence-electron chi connectivity index (χ1n) is 4.83. The van der Waals surface area contributed by atoms with E-state index in [9.17, 15) is 0 Å². The zero-order chi connectivity index (χ0) is 8.89. The second kappa shape index (κ2) is 2.16. The van der Waals surface area contributed by atoms with Crippen LogP contribution in [0.1, 0.15) is 13.3 Å². The standard InChI is InChI=1S/C12H13N/c1-12-5-2-3-10(12)11-7-9(8-12)4-6-13-11/h2-5,7,13H,6,8H2,1H3. The minimum absolute atomic E-state index is 0.267. The van der Waals surface area contributed by atoms with E-state index in [1.807, 2.05) is 0 Å². The molecule has 0 spiro atoms. The first-order chi connectivity index (χ1) is 6.28. The largest absolute Gasteiger partial charge is 0.381 e. The Morgan fingerprint density at radius 1 is 1.46 bits per heavy atom. The van der Waals surface area contributed by atoms with Crippen molar-refractivity contribution in [3.63, 3.8) is 0 Å². The van der Waals surface area contributed by atoms with Crippen molar-refractivity contribution in [2.75, 3.05) is 6.54 Å². The first kappa shape index (κ1) is 7.19. The zero-order valence-electron chi connectivity index (χ0n) is 7.80. The van der Waals surface area contributed by atoms with E-state index >= 15 is 0 Å². The van der Waals surface area contributed by atoms with Crippen molar-refractivity contribution in [1.29, 1.82) is 0 Å². The van der Waals surface area contributed by atoms with Crippen molar-refractivity contribution < 1.29 is 0 Å². The van der Waals surface area contributed by atoms with Crippen molar-refractivity contribution in [3.05, 3.63) is 47.2 Å². The van der Waals surface area contributed by atoms with Gasteiger partial charge >= 0.3 is 0 Å². The predicted molar refractivity (Wildman–Crippen MR) is 54.1 cm³/mol. The van der Waals surface area contributed by atoms with E-state index in [1.165, 1.54) is 23.3 Å². The summed E-state index contributed by atoms with van der Waals surface area (Å²) in [6, 6.07) is 0. The highest BCUT2D eigenvalue weighted by molar-refractivity contribution is 5.54. The lowest BCUT2D eigenvalue weighted by molar-refractivity contribution is 0.500. The summed E-state index contributed by atoms with van der Waals surface area (Å²) < 4.78 is 0. The van der Waals surface area contributed by atoms with Crippen LogP contribution < -0.4 is 5.32 Å². The number of fused-ring (bicyclic) bond motifs is 3. The second-order valence-electron chi connectivity index (χ2n) is 4.25. The molecular weight excluding hydrogens is 158 g/mol. The Bertz CT molecular complexity index is 382. The van der Waals surface area contributed by atoms with Gasteiger partial charge in [0.15, 0.2) is 0 Å². The molecule has 0 saturated heterocycles. The van der Waals surface area contributed by atoms with Crippen LogP contribution in [0.15, 0.2) is 47.2 Å². The van der Waals surface area contributed by atoms with Crippen molar-refractivity contribution >= 4 is 0 Å². The lowest BCUT2D eigenvalue weighted by atomic mass is 9.73. The molecule has 1 heterocycles. The zero-order valence-corrected chi connectivity index (χ0v) is 7.80. The monoisotopic (exact) mass is 171 g/mol. The Morgan fingerprint density at radius 2 is 2.38 bits per heavy atom. The van der Waals surface area contributed by atoms with Gasteiger partial charge in [-0.1, -0.05) is 31.2 Å². The Morgan fingerprint density at radius 3 is 3.31 bits per heavy atom. The van der Waals surface area contributed by atoms with Gasteiger partial charge in [0.1, 0.15) is 0 Å². The van der Waals surface area contributed by atoms with Crippen LogP contribution >= 0.6 is 0 Å². The van der Waals surface area contributed by atoms with Crippen LogP contribution in [0.3, 0.4) is 0 Å².